The second-order valence-electron chi connectivity index (χ2n) is 9.17. The highest BCUT2D eigenvalue weighted by Gasteiger charge is 2.23. The zero-order chi connectivity index (χ0) is 30.0. The fraction of sp³-hybridized carbons (Fsp3) is 0. The standard InChI is InChI=1S/C34H20N2O6/c1-3-19-13-15-25(33(39)40)27(17-19)31(37)35-29-21-9-5-7-11-23(21)30(24-12-8-6-10-22(24)29)36-32(38)28-18-20(4-2)14-16-26(28)34(41)42/h1-2,5-18H,(H,35,37)(H,36,38)(H,39,40)(H,41,42). The molecular formula is C34H20N2O6. The minimum atomic E-state index is -1.29. The molecule has 0 aliphatic heterocycles. The monoisotopic (exact) mass is 552 g/mol. The number of carboxylic acids is 2. The Morgan fingerprint density at radius 2 is 0.857 bits per heavy atom. The van der Waals surface area contributed by atoms with Crippen LogP contribution in [0.4, 0.5) is 11.4 Å². The van der Waals surface area contributed by atoms with E-state index in [0.717, 1.165) is 0 Å². The molecule has 0 spiro atoms. The SMILES string of the molecule is C#Cc1ccc(C(=O)O)c(C(=O)Nc2c3ccccc3c(NC(=O)c3cc(C#C)ccc3C(=O)O)c3ccccc23)c1. The van der Waals surface area contributed by atoms with Crippen molar-refractivity contribution in [1.29, 1.82) is 0 Å². The molecule has 8 nitrogen and oxygen atoms in total. The van der Waals surface area contributed by atoms with Gasteiger partial charge in [-0.15, -0.1) is 12.8 Å². The molecule has 0 heterocycles. The summed E-state index contributed by atoms with van der Waals surface area (Å²) >= 11 is 0. The lowest BCUT2D eigenvalue weighted by Crippen LogP contribution is -2.19. The van der Waals surface area contributed by atoms with Crippen molar-refractivity contribution in [2.45, 2.75) is 0 Å². The number of benzene rings is 5. The maximum Gasteiger partial charge on any atom is 0.336 e. The molecule has 0 aliphatic rings. The Balaban J connectivity index is 1.67. The van der Waals surface area contributed by atoms with Crippen LogP contribution in [0.25, 0.3) is 21.5 Å². The fourth-order valence-electron chi connectivity index (χ4n) is 4.78. The summed E-state index contributed by atoms with van der Waals surface area (Å²) in [5.41, 5.74) is 0.788. The minimum Gasteiger partial charge on any atom is -0.478 e. The smallest absolute Gasteiger partial charge is 0.336 e. The van der Waals surface area contributed by atoms with Crippen molar-refractivity contribution in [1.82, 2.24) is 0 Å². The van der Waals surface area contributed by atoms with Crippen molar-refractivity contribution in [3.63, 3.8) is 0 Å². The number of aromatic carboxylic acids is 2. The number of fused-ring (bicyclic) bond motifs is 2. The van der Waals surface area contributed by atoms with Gasteiger partial charge in [0.05, 0.1) is 33.6 Å². The average molecular weight is 553 g/mol. The van der Waals surface area contributed by atoms with Crippen LogP contribution in [-0.4, -0.2) is 34.0 Å². The van der Waals surface area contributed by atoms with Gasteiger partial charge >= 0.3 is 11.9 Å². The maximum absolute atomic E-state index is 13.5. The summed E-state index contributed by atoms with van der Waals surface area (Å²) in [6.07, 6.45) is 11.0. The molecule has 0 saturated heterocycles. The van der Waals surface area contributed by atoms with Crippen LogP contribution in [0.2, 0.25) is 0 Å². The van der Waals surface area contributed by atoms with E-state index in [1.54, 1.807) is 48.5 Å². The highest BCUT2D eigenvalue weighted by Crippen LogP contribution is 2.40. The molecule has 0 bridgehead atoms. The Morgan fingerprint density at radius 3 is 1.14 bits per heavy atom. The molecular weight excluding hydrogens is 532 g/mol. The number of hydrogen-bond acceptors (Lipinski definition) is 4. The number of rotatable bonds is 6. The summed E-state index contributed by atoms with van der Waals surface area (Å²) in [5, 5.41) is 27.2. The summed E-state index contributed by atoms with van der Waals surface area (Å²) < 4.78 is 0. The van der Waals surface area contributed by atoms with E-state index in [1.807, 2.05) is 0 Å². The van der Waals surface area contributed by atoms with Crippen LogP contribution in [0.15, 0.2) is 84.9 Å². The van der Waals surface area contributed by atoms with Gasteiger partial charge in [-0.2, -0.15) is 0 Å². The number of anilines is 2. The first-order valence-electron chi connectivity index (χ1n) is 12.5. The molecule has 0 fully saturated rings. The van der Waals surface area contributed by atoms with Gasteiger partial charge in [-0.3, -0.25) is 9.59 Å². The minimum absolute atomic E-state index is 0.113. The Labute approximate surface area is 239 Å². The van der Waals surface area contributed by atoms with E-state index in [2.05, 4.69) is 22.5 Å². The highest BCUT2D eigenvalue weighted by molar-refractivity contribution is 6.27. The van der Waals surface area contributed by atoms with Crippen molar-refractivity contribution in [2.24, 2.45) is 0 Å². The normalized spacial score (nSPS) is 10.4. The molecule has 2 amide bonds. The maximum atomic E-state index is 13.5. The fourth-order valence-corrected chi connectivity index (χ4v) is 4.78. The second kappa shape index (κ2) is 11.0. The second-order valence-corrected chi connectivity index (χ2v) is 9.17. The molecule has 0 aromatic heterocycles. The third-order valence-electron chi connectivity index (χ3n) is 6.73. The molecule has 202 valence electrons. The molecule has 42 heavy (non-hydrogen) atoms. The summed E-state index contributed by atoms with van der Waals surface area (Å²) in [4.78, 5) is 50.7. The summed E-state index contributed by atoms with van der Waals surface area (Å²) in [6.45, 7) is 0. The molecule has 0 saturated carbocycles. The predicted molar refractivity (Wildman–Crippen MR) is 160 cm³/mol. The molecule has 5 aromatic carbocycles. The van der Waals surface area contributed by atoms with Gasteiger partial charge in [-0.1, -0.05) is 60.4 Å². The van der Waals surface area contributed by atoms with Crippen molar-refractivity contribution in [3.05, 3.63) is 118 Å². The number of carbonyl (C=O) groups excluding carboxylic acids is 2. The van der Waals surface area contributed by atoms with Gasteiger partial charge in [0.15, 0.2) is 0 Å². The lowest BCUT2D eigenvalue weighted by atomic mass is 9.97. The first-order valence-corrected chi connectivity index (χ1v) is 12.5. The van der Waals surface area contributed by atoms with E-state index in [0.29, 0.717) is 44.0 Å². The number of amides is 2. The Hall–Kier alpha value is -6.38. The van der Waals surface area contributed by atoms with Crippen molar-refractivity contribution in [2.75, 3.05) is 10.6 Å². The number of nitrogens with one attached hydrogen (secondary N) is 2. The van der Waals surface area contributed by atoms with Crippen LogP contribution in [0.1, 0.15) is 52.6 Å². The molecule has 5 aromatic rings. The third kappa shape index (κ3) is 4.88. The van der Waals surface area contributed by atoms with Crippen molar-refractivity contribution >= 4 is 56.7 Å². The topological polar surface area (TPSA) is 133 Å². The summed E-state index contributed by atoms with van der Waals surface area (Å²) in [7, 11) is 0. The first-order chi connectivity index (χ1) is 20.2. The van der Waals surface area contributed by atoms with Gasteiger partial charge in [0.1, 0.15) is 0 Å². The van der Waals surface area contributed by atoms with E-state index in [9.17, 15) is 29.4 Å². The van der Waals surface area contributed by atoms with Gasteiger partial charge in [0, 0.05) is 32.7 Å². The molecule has 8 heteroatoms. The van der Waals surface area contributed by atoms with Crippen LogP contribution in [0.3, 0.4) is 0 Å². The van der Waals surface area contributed by atoms with Gasteiger partial charge in [-0.25, -0.2) is 9.59 Å². The van der Waals surface area contributed by atoms with Gasteiger partial charge in [0.2, 0.25) is 0 Å². The highest BCUT2D eigenvalue weighted by atomic mass is 16.4. The summed E-state index contributed by atoms with van der Waals surface area (Å²) in [5.74, 6) is 0.871. The van der Waals surface area contributed by atoms with Gasteiger partial charge < -0.3 is 20.8 Å². The quantitative estimate of drug-likeness (QED) is 0.119. The lowest BCUT2D eigenvalue weighted by Gasteiger charge is -2.19. The number of carboxylic acid groups (broad SMARTS) is 2. The first kappa shape index (κ1) is 27.2. The van der Waals surface area contributed by atoms with E-state index >= 15 is 0 Å². The van der Waals surface area contributed by atoms with E-state index in [4.69, 9.17) is 12.8 Å². The number of carbonyl (C=O) groups is 4. The molecule has 0 radical (unpaired) electrons. The van der Waals surface area contributed by atoms with Gasteiger partial charge in [0.25, 0.3) is 11.8 Å². The molecule has 4 N–H and O–H groups in total. The molecule has 0 atom stereocenters. The number of terminal acetylenes is 2. The van der Waals surface area contributed by atoms with E-state index < -0.39 is 23.8 Å². The van der Waals surface area contributed by atoms with Crippen LogP contribution < -0.4 is 10.6 Å². The summed E-state index contributed by atoms with van der Waals surface area (Å²) in [6, 6.07) is 22.1. The predicted octanol–water partition coefficient (Wildman–Crippen LogP) is 5.86. The average Bonchev–Trinajstić information content (AvgIpc) is 3.01. The lowest BCUT2D eigenvalue weighted by molar-refractivity contribution is 0.0683. The van der Waals surface area contributed by atoms with E-state index in [1.165, 1.54) is 36.4 Å². The van der Waals surface area contributed by atoms with Crippen LogP contribution in [0.5, 0.6) is 0 Å². The molecule has 5 rings (SSSR count). The Morgan fingerprint density at radius 1 is 0.524 bits per heavy atom. The Kier molecular flexibility index (Phi) is 7.13. The van der Waals surface area contributed by atoms with Gasteiger partial charge in [-0.05, 0) is 36.4 Å². The largest absolute Gasteiger partial charge is 0.478 e. The zero-order valence-corrected chi connectivity index (χ0v) is 21.8. The van der Waals surface area contributed by atoms with E-state index in [-0.39, 0.29) is 22.3 Å². The van der Waals surface area contributed by atoms with Crippen LogP contribution >= 0.6 is 0 Å². The van der Waals surface area contributed by atoms with Crippen molar-refractivity contribution < 1.29 is 29.4 Å². The Bertz CT molecular complexity index is 1860. The molecule has 0 aliphatic carbocycles. The van der Waals surface area contributed by atoms with Crippen LogP contribution in [0, 0.1) is 24.7 Å². The van der Waals surface area contributed by atoms with Crippen molar-refractivity contribution in [3.8, 4) is 24.7 Å². The van der Waals surface area contributed by atoms with Crippen LogP contribution in [-0.2, 0) is 0 Å². The third-order valence-corrected chi connectivity index (χ3v) is 6.73. The zero-order valence-electron chi connectivity index (χ0n) is 21.8. The number of hydrogen-bond donors (Lipinski definition) is 4. The molecule has 0 unspecified atom stereocenters.